The lowest BCUT2D eigenvalue weighted by Gasteiger charge is -2.35. The molecular weight excluding hydrogens is 713 g/mol. The van der Waals surface area contributed by atoms with E-state index in [1.54, 1.807) is 0 Å². The van der Waals surface area contributed by atoms with Crippen LogP contribution in [0.1, 0.15) is 22.3 Å². The van der Waals surface area contributed by atoms with Crippen molar-refractivity contribution in [2.45, 2.75) is 5.41 Å². The van der Waals surface area contributed by atoms with Gasteiger partial charge in [-0.05, 0) is 128 Å². The smallest absolute Gasteiger partial charge is 0.0714 e. The highest BCUT2D eigenvalue weighted by Gasteiger charge is 2.46. The lowest BCUT2D eigenvalue weighted by molar-refractivity contribution is 0.768. The molecule has 0 spiro atoms. The molecule has 10 aromatic carbocycles. The minimum absolute atomic E-state index is 0.508. The fourth-order valence-electron chi connectivity index (χ4n) is 10.0. The third-order valence-electron chi connectivity index (χ3n) is 12.6. The zero-order valence-electron chi connectivity index (χ0n) is 32.3. The first-order valence-corrected chi connectivity index (χ1v) is 20.4. The SMILES string of the molecule is c1ccc(-n2c3ccccc3c3cc(N(c4ccc5c(c4)C(c4ccccc4)(c4ccccc4)c4ccccc4-5)c4ccc5cc6ccccc6cc5c4)ccc32)cc1. The molecule has 1 aliphatic rings. The van der Waals surface area contributed by atoms with Crippen LogP contribution < -0.4 is 4.90 Å². The molecule has 0 saturated carbocycles. The van der Waals surface area contributed by atoms with Gasteiger partial charge < -0.3 is 9.47 Å². The lowest BCUT2D eigenvalue weighted by Crippen LogP contribution is -2.28. The van der Waals surface area contributed by atoms with Gasteiger partial charge in [0.1, 0.15) is 0 Å². The van der Waals surface area contributed by atoms with Crippen molar-refractivity contribution in [3.05, 3.63) is 253 Å². The molecule has 0 aliphatic heterocycles. The Hall–Kier alpha value is -7.68. The first-order chi connectivity index (χ1) is 29.3. The van der Waals surface area contributed by atoms with Crippen molar-refractivity contribution >= 4 is 60.4 Å². The van der Waals surface area contributed by atoms with E-state index in [-0.39, 0.29) is 0 Å². The molecule has 2 heteroatoms. The van der Waals surface area contributed by atoms with Crippen molar-refractivity contribution in [2.24, 2.45) is 0 Å². The van der Waals surface area contributed by atoms with Gasteiger partial charge in [-0.15, -0.1) is 0 Å². The van der Waals surface area contributed by atoms with Crippen molar-refractivity contribution in [1.29, 1.82) is 0 Å². The van der Waals surface area contributed by atoms with Gasteiger partial charge in [-0.2, -0.15) is 0 Å². The van der Waals surface area contributed by atoms with E-state index >= 15 is 0 Å². The Kier molecular flexibility index (Phi) is 7.48. The number of nitrogens with zero attached hydrogens (tertiary/aromatic N) is 2. The van der Waals surface area contributed by atoms with E-state index in [0.29, 0.717) is 0 Å². The minimum Gasteiger partial charge on any atom is -0.310 e. The van der Waals surface area contributed by atoms with Crippen LogP contribution in [-0.4, -0.2) is 4.57 Å². The van der Waals surface area contributed by atoms with Gasteiger partial charge in [-0.3, -0.25) is 0 Å². The monoisotopic (exact) mass is 750 g/mol. The van der Waals surface area contributed by atoms with Gasteiger partial charge in [-0.25, -0.2) is 0 Å². The summed E-state index contributed by atoms with van der Waals surface area (Å²) in [5, 5.41) is 7.38. The van der Waals surface area contributed by atoms with Crippen LogP contribution in [0.2, 0.25) is 0 Å². The summed E-state index contributed by atoms with van der Waals surface area (Å²) in [4.78, 5) is 2.46. The van der Waals surface area contributed by atoms with Crippen LogP contribution in [0, 0.1) is 0 Å². The van der Waals surface area contributed by atoms with E-state index < -0.39 is 5.41 Å². The highest BCUT2D eigenvalue weighted by molar-refractivity contribution is 6.11. The van der Waals surface area contributed by atoms with Crippen LogP contribution in [-0.2, 0) is 5.41 Å². The third-order valence-corrected chi connectivity index (χ3v) is 12.6. The van der Waals surface area contributed by atoms with E-state index in [0.717, 1.165) is 22.7 Å². The Bertz CT molecular complexity index is 3340. The number of aromatic nitrogens is 1. The van der Waals surface area contributed by atoms with Gasteiger partial charge in [0, 0.05) is 33.5 Å². The molecule has 1 aromatic heterocycles. The Morgan fingerprint density at radius 2 is 0.847 bits per heavy atom. The number of rotatable bonds is 6. The van der Waals surface area contributed by atoms with Gasteiger partial charge in [0.05, 0.1) is 16.4 Å². The molecule has 276 valence electrons. The van der Waals surface area contributed by atoms with E-state index in [9.17, 15) is 0 Å². The van der Waals surface area contributed by atoms with Crippen molar-refractivity contribution in [1.82, 2.24) is 4.57 Å². The first-order valence-electron chi connectivity index (χ1n) is 20.4. The standard InChI is InChI=1S/C57H38N2/c1-4-18-43(19-5-1)57(44-20-6-2-7-21-44)53-26-14-12-24-49(53)50-32-30-48(38-54(50)57)58(46-29-28-41-34-39-16-10-11-17-40(39)35-42(41)36-46)47-31-33-56-52(37-47)51-25-13-15-27-55(51)59(56)45-22-8-3-9-23-45/h1-38H. The van der Waals surface area contributed by atoms with Crippen LogP contribution in [0.3, 0.4) is 0 Å². The third kappa shape index (κ3) is 5.06. The van der Waals surface area contributed by atoms with Crippen molar-refractivity contribution in [3.63, 3.8) is 0 Å². The molecule has 12 rings (SSSR count). The average molecular weight is 751 g/mol. The second-order valence-electron chi connectivity index (χ2n) is 15.7. The summed E-state index contributed by atoms with van der Waals surface area (Å²) < 4.78 is 2.39. The summed E-state index contributed by atoms with van der Waals surface area (Å²) in [6.45, 7) is 0. The minimum atomic E-state index is -0.508. The molecule has 0 N–H and O–H groups in total. The normalized spacial score (nSPS) is 12.9. The molecule has 11 aromatic rings. The summed E-state index contributed by atoms with van der Waals surface area (Å²) in [5.41, 5.74) is 14.0. The second kappa shape index (κ2) is 13.2. The molecule has 1 heterocycles. The van der Waals surface area contributed by atoms with Gasteiger partial charge >= 0.3 is 0 Å². The number of hydrogen-bond acceptors (Lipinski definition) is 1. The number of anilines is 3. The predicted molar refractivity (Wildman–Crippen MR) is 248 cm³/mol. The van der Waals surface area contributed by atoms with Crippen LogP contribution in [0.5, 0.6) is 0 Å². The molecule has 0 unspecified atom stereocenters. The zero-order chi connectivity index (χ0) is 38.9. The Morgan fingerprint density at radius 3 is 1.61 bits per heavy atom. The molecule has 0 atom stereocenters. The van der Waals surface area contributed by atoms with Crippen LogP contribution >= 0.6 is 0 Å². The molecule has 59 heavy (non-hydrogen) atoms. The Balaban J connectivity index is 1.14. The van der Waals surface area contributed by atoms with Gasteiger partial charge in [0.2, 0.25) is 0 Å². The summed E-state index contributed by atoms with van der Waals surface area (Å²) in [6.07, 6.45) is 0. The van der Waals surface area contributed by atoms with Crippen molar-refractivity contribution < 1.29 is 0 Å². The maximum atomic E-state index is 2.47. The van der Waals surface area contributed by atoms with Gasteiger partial charge in [0.25, 0.3) is 0 Å². The van der Waals surface area contributed by atoms with Crippen LogP contribution in [0.4, 0.5) is 17.1 Å². The fraction of sp³-hybridized carbons (Fsp3) is 0.0175. The number of fused-ring (bicyclic) bond motifs is 8. The molecule has 0 bridgehead atoms. The molecular formula is C57H38N2. The average Bonchev–Trinajstić information content (AvgIpc) is 3.79. The fourth-order valence-corrected chi connectivity index (χ4v) is 10.0. The molecule has 0 fully saturated rings. The van der Waals surface area contributed by atoms with E-state index in [4.69, 9.17) is 0 Å². The summed E-state index contributed by atoms with van der Waals surface area (Å²) in [7, 11) is 0. The number of hydrogen-bond donors (Lipinski definition) is 0. The quantitative estimate of drug-likeness (QED) is 0.154. The van der Waals surface area contributed by atoms with E-state index in [1.165, 1.54) is 76.7 Å². The summed E-state index contributed by atoms with van der Waals surface area (Å²) in [6, 6.07) is 85.0. The summed E-state index contributed by atoms with van der Waals surface area (Å²) in [5.74, 6) is 0. The maximum absolute atomic E-state index is 2.47. The van der Waals surface area contributed by atoms with Crippen molar-refractivity contribution in [2.75, 3.05) is 4.90 Å². The van der Waals surface area contributed by atoms with Gasteiger partial charge in [-0.1, -0.05) is 158 Å². The molecule has 2 nitrogen and oxygen atoms in total. The largest absolute Gasteiger partial charge is 0.310 e. The van der Waals surface area contributed by atoms with Crippen LogP contribution in [0.25, 0.3) is 60.2 Å². The molecule has 0 saturated heterocycles. The molecule has 0 amide bonds. The summed E-state index contributed by atoms with van der Waals surface area (Å²) >= 11 is 0. The maximum Gasteiger partial charge on any atom is 0.0714 e. The Labute approximate surface area is 343 Å². The number of benzene rings is 10. The Morgan fingerprint density at radius 1 is 0.322 bits per heavy atom. The molecule has 0 radical (unpaired) electrons. The zero-order valence-corrected chi connectivity index (χ0v) is 32.3. The lowest BCUT2D eigenvalue weighted by atomic mass is 9.67. The van der Waals surface area contributed by atoms with E-state index in [1.807, 2.05) is 0 Å². The van der Waals surface area contributed by atoms with Crippen LogP contribution in [0.15, 0.2) is 231 Å². The first kappa shape index (κ1) is 33.5. The highest BCUT2D eigenvalue weighted by atomic mass is 15.1. The topological polar surface area (TPSA) is 8.17 Å². The van der Waals surface area contributed by atoms with Gasteiger partial charge in [0.15, 0.2) is 0 Å². The predicted octanol–water partition coefficient (Wildman–Crippen LogP) is 14.9. The highest BCUT2D eigenvalue weighted by Crippen LogP contribution is 2.57. The number of para-hydroxylation sites is 2. The van der Waals surface area contributed by atoms with Crippen molar-refractivity contribution in [3.8, 4) is 16.8 Å². The second-order valence-corrected chi connectivity index (χ2v) is 15.7. The molecule has 1 aliphatic carbocycles. The van der Waals surface area contributed by atoms with E-state index in [2.05, 4.69) is 240 Å².